The number of hydrogen-bond donors (Lipinski definition) is 2. The highest BCUT2D eigenvalue weighted by molar-refractivity contribution is 7.10. The Kier molecular flexibility index (Phi) is 3.33. The largest absolute Gasteiger partial charge is 0.326 e. The molecule has 1 aromatic heterocycles. The Labute approximate surface area is 97.7 Å². The third-order valence-corrected chi connectivity index (χ3v) is 3.41. The molecule has 2 nitrogen and oxygen atoms in total. The van der Waals surface area contributed by atoms with Gasteiger partial charge in [-0.15, -0.1) is 11.3 Å². The Bertz CT molecular complexity index is 494. The maximum atomic E-state index is 13.3. The average Bonchev–Trinajstić information content (AvgIpc) is 2.78. The predicted molar refractivity (Wildman–Crippen MR) is 65.5 cm³/mol. The fourth-order valence-electron chi connectivity index (χ4n) is 1.55. The fourth-order valence-corrected chi connectivity index (χ4v) is 2.32. The smallest absolute Gasteiger partial charge is 0.127 e. The molecule has 2 rings (SSSR count). The molecule has 0 aliphatic heterocycles. The van der Waals surface area contributed by atoms with Gasteiger partial charge in [-0.2, -0.15) is 0 Å². The zero-order valence-corrected chi connectivity index (χ0v) is 9.56. The van der Waals surface area contributed by atoms with Crippen LogP contribution in [0, 0.1) is 5.82 Å². The highest BCUT2D eigenvalue weighted by atomic mass is 32.1. The second kappa shape index (κ2) is 4.74. The van der Waals surface area contributed by atoms with Crippen LogP contribution in [-0.2, 0) is 13.1 Å². The summed E-state index contributed by atoms with van der Waals surface area (Å²) in [6.45, 7) is 0.753. The van der Waals surface area contributed by atoms with Crippen molar-refractivity contribution in [3.63, 3.8) is 0 Å². The van der Waals surface area contributed by atoms with E-state index >= 15 is 0 Å². The molecule has 0 aliphatic carbocycles. The Morgan fingerprint density at radius 3 is 2.50 bits per heavy atom. The van der Waals surface area contributed by atoms with Crippen LogP contribution in [0.4, 0.5) is 4.39 Å². The first-order valence-electron chi connectivity index (χ1n) is 5.01. The molecule has 0 unspecified atom stereocenters. The van der Waals surface area contributed by atoms with Gasteiger partial charge >= 0.3 is 0 Å². The molecule has 0 amide bonds. The van der Waals surface area contributed by atoms with Crippen molar-refractivity contribution in [2.24, 2.45) is 11.5 Å². The van der Waals surface area contributed by atoms with E-state index in [2.05, 4.69) is 0 Å². The predicted octanol–water partition coefficient (Wildman–Crippen LogP) is 2.47. The van der Waals surface area contributed by atoms with Gasteiger partial charge < -0.3 is 11.5 Å². The quantitative estimate of drug-likeness (QED) is 0.860. The maximum absolute atomic E-state index is 13.3. The highest BCUT2D eigenvalue weighted by Gasteiger charge is 2.05. The molecule has 0 saturated carbocycles. The summed E-state index contributed by atoms with van der Waals surface area (Å²) in [6.07, 6.45) is 0. The summed E-state index contributed by atoms with van der Waals surface area (Å²) in [5.74, 6) is -0.250. The summed E-state index contributed by atoms with van der Waals surface area (Å²) < 4.78 is 13.3. The molecule has 1 aromatic carbocycles. The zero-order valence-electron chi connectivity index (χ0n) is 8.74. The Morgan fingerprint density at radius 2 is 1.88 bits per heavy atom. The third kappa shape index (κ3) is 2.14. The van der Waals surface area contributed by atoms with Crippen LogP contribution < -0.4 is 11.5 Å². The lowest BCUT2D eigenvalue weighted by molar-refractivity contribution is 0.611. The molecule has 4 N–H and O–H groups in total. The van der Waals surface area contributed by atoms with E-state index in [9.17, 15) is 4.39 Å². The van der Waals surface area contributed by atoms with Crippen LogP contribution in [-0.4, -0.2) is 0 Å². The van der Waals surface area contributed by atoms with Gasteiger partial charge in [0.25, 0.3) is 0 Å². The Morgan fingerprint density at radius 1 is 1.06 bits per heavy atom. The minimum atomic E-state index is -0.250. The molecule has 16 heavy (non-hydrogen) atoms. The SMILES string of the molecule is NCc1cc(-c2ccc(F)c(CN)c2)cs1. The van der Waals surface area contributed by atoms with Crippen LogP contribution in [0.15, 0.2) is 29.6 Å². The number of halogens is 1. The Hall–Kier alpha value is -1.23. The van der Waals surface area contributed by atoms with Crippen molar-refractivity contribution in [2.45, 2.75) is 13.1 Å². The molecule has 1 heterocycles. The lowest BCUT2D eigenvalue weighted by Gasteiger charge is -2.03. The van der Waals surface area contributed by atoms with Gasteiger partial charge in [0, 0.05) is 23.5 Å². The summed E-state index contributed by atoms with van der Waals surface area (Å²) in [5, 5.41) is 2.02. The molecule has 0 saturated heterocycles. The van der Waals surface area contributed by atoms with Crippen molar-refractivity contribution in [2.75, 3.05) is 0 Å². The van der Waals surface area contributed by atoms with Gasteiger partial charge in [0.05, 0.1) is 0 Å². The van der Waals surface area contributed by atoms with Crippen molar-refractivity contribution in [1.82, 2.24) is 0 Å². The second-order valence-corrected chi connectivity index (χ2v) is 4.51. The molecule has 0 spiro atoms. The van der Waals surface area contributed by atoms with E-state index < -0.39 is 0 Å². The molecular weight excluding hydrogens is 223 g/mol. The summed E-state index contributed by atoms with van der Waals surface area (Å²) >= 11 is 1.61. The van der Waals surface area contributed by atoms with Crippen molar-refractivity contribution in [1.29, 1.82) is 0 Å². The van der Waals surface area contributed by atoms with Gasteiger partial charge in [-0.1, -0.05) is 6.07 Å². The van der Waals surface area contributed by atoms with Crippen LogP contribution in [0.3, 0.4) is 0 Å². The molecule has 84 valence electrons. The number of nitrogens with two attached hydrogens (primary N) is 2. The maximum Gasteiger partial charge on any atom is 0.127 e. The Balaban J connectivity index is 2.40. The van der Waals surface area contributed by atoms with Crippen molar-refractivity contribution in [3.8, 4) is 11.1 Å². The lowest BCUT2D eigenvalue weighted by Crippen LogP contribution is -1.99. The van der Waals surface area contributed by atoms with Crippen molar-refractivity contribution < 1.29 is 4.39 Å². The molecule has 0 aliphatic rings. The molecule has 4 heteroatoms. The van der Waals surface area contributed by atoms with Crippen LogP contribution >= 0.6 is 11.3 Å². The number of hydrogen-bond acceptors (Lipinski definition) is 3. The normalized spacial score (nSPS) is 10.7. The van der Waals surface area contributed by atoms with Gasteiger partial charge in [-0.25, -0.2) is 4.39 Å². The van der Waals surface area contributed by atoms with E-state index in [0.29, 0.717) is 12.1 Å². The second-order valence-electron chi connectivity index (χ2n) is 3.52. The van der Waals surface area contributed by atoms with Crippen LogP contribution in [0.25, 0.3) is 11.1 Å². The molecule has 0 fully saturated rings. The van der Waals surface area contributed by atoms with E-state index in [4.69, 9.17) is 11.5 Å². The summed E-state index contributed by atoms with van der Waals surface area (Å²) in [5.41, 5.74) is 13.6. The molecule has 0 radical (unpaired) electrons. The molecular formula is C12H13FN2S. The van der Waals surface area contributed by atoms with Gasteiger partial charge in [0.2, 0.25) is 0 Å². The number of thiophene rings is 1. The number of benzene rings is 1. The van der Waals surface area contributed by atoms with Crippen LogP contribution in [0.2, 0.25) is 0 Å². The monoisotopic (exact) mass is 236 g/mol. The fraction of sp³-hybridized carbons (Fsp3) is 0.167. The van der Waals surface area contributed by atoms with Crippen molar-refractivity contribution in [3.05, 3.63) is 45.9 Å². The van der Waals surface area contributed by atoms with E-state index in [-0.39, 0.29) is 12.4 Å². The molecule has 0 bridgehead atoms. The lowest BCUT2D eigenvalue weighted by atomic mass is 10.1. The first kappa shape index (κ1) is 11.3. The highest BCUT2D eigenvalue weighted by Crippen LogP contribution is 2.26. The summed E-state index contributed by atoms with van der Waals surface area (Å²) in [4.78, 5) is 1.12. The minimum absolute atomic E-state index is 0.216. The summed E-state index contributed by atoms with van der Waals surface area (Å²) in [6, 6.07) is 7.03. The van der Waals surface area contributed by atoms with Crippen molar-refractivity contribution >= 4 is 11.3 Å². The first-order chi connectivity index (χ1) is 7.74. The van der Waals surface area contributed by atoms with Gasteiger partial charge in [-0.3, -0.25) is 0 Å². The third-order valence-electron chi connectivity index (χ3n) is 2.45. The van der Waals surface area contributed by atoms with E-state index in [1.165, 1.54) is 6.07 Å². The summed E-state index contributed by atoms with van der Waals surface area (Å²) in [7, 11) is 0. The zero-order chi connectivity index (χ0) is 11.5. The van der Waals surface area contributed by atoms with Gasteiger partial charge in [0.1, 0.15) is 5.82 Å². The van der Waals surface area contributed by atoms with E-state index in [1.54, 1.807) is 23.5 Å². The molecule has 2 aromatic rings. The molecule has 0 atom stereocenters. The minimum Gasteiger partial charge on any atom is -0.326 e. The average molecular weight is 236 g/mol. The van der Waals surface area contributed by atoms with Crippen LogP contribution in [0.1, 0.15) is 10.4 Å². The van der Waals surface area contributed by atoms with E-state index in [0.717, 1.165) is 16.0 Å². The van der Waals surface area contributed by atoms with E-state index in [1.807, 2.05) is 11.4 Å². The standard InChI is InChI=1S/C12H13FN2S/c13-12-2-1-8(3-9(12)5-14)10-4-11(6-15)16-7-10/h1-4,7H,5-6,14-15H2. The first-order valence-corrected chi connectivity index (χ1v) is 5.89. The number of rotatable bonds is 3. The van der Waals surface area contributed by atoms with Gasteiger partial charge in [0.15, 0.2) is 0 Å². The topological polar surface area (TPSA) is 52.0 Å². The van der Waals surface area contributed by atoms with Gasteiger partial charge in [-0.05, 0) is 34.7 Å². The van der Waals surface area contributed by atoms with Crippen LogP contribution in [0.5, 0.6) is 0 Å².